The van der Waals surface area contributed by atoms with Crippen LogP contribution in [0.4, 0.5) is 17.1 Å². The van der Waals surface area contributed by atoms with E-state index in [0.717, 1.165) is 40.7 Å². The van der Waals surface area contributed by atoms with Crippen molar-refractivity contribution < 1.29 is 0 Å². The van der Waals surface area contributed by atoms with E-state index in [0.29, 0.717) is 0 Å². The third-order valence-corrected chi connectivity index (χ3v) is 17.5. The molecule has 9 aromatic rings. The molecular weight excluding hydrogens is 819 g/mol. The average molecular weight is 874 g/mol. The van der Waals surface area contributed by atoms with Gasteiger partial charge < -0.3 is 4.90 Å². The van der Waals surface area contributed by atoms with Crippen LogP contribution in [0.15, 0.2) is 212 Å². The zero-order chi connectivity index (χ0) is 45.1. The Morgan fingerprint density at radius 2 is 0.706 bits per heavy atom. The first-order valence-corrected chi connectivity index (χ1v) is 25.2. The summed E-state index contributed by atoms with van der Waals surface area (Å²) in [5.41, 5.74) is 25.2. The maximum atomic E-state index is 2.54. The summed E-state index contributed by atoms with van der Waals surface area (Å²) >= 11 is 0. The summed E-state index contributed by atoms with van der Waals surface area (Å²) in [7, 11) is 0. The van der Waals surface area contributed by atoms with Gasteiger partial charge in [-0.25, -0.2) is 0 Å². The van der Waals surface area contributed by atoms with E-state index in [-0.39, 0.29) is 10.8 Å². The smallest absolute Gasteiger partial charge is 0.0465 e. The molecule has 6 aliphatic carbocycles. The molecule has 15 rings (SSSR count). The summed E-state index contributed by atoms with van der Waals surface area (Å²) in [6.07, 6.45) is 7.18. The predicted molar refractivity (Wildman–Crippen MR) is 284 cm³/mol. The highest BCUT2D eigenvalue weighted by Crippen LogP contribution is 2.69. The van der Waals surface area contributed by atoms with E-state index in [9.17, 15) is 0 Å². The van der Waals surface area contributed by atoms with Crippen molar-refractivity contribution in [2.45, 2.75) is 56.8 Å². The van der Waals surface area contributed by atoms with Crippen LogP contribution in [0.25, 0.3) is 66.8 Å². The number of anilines is 3. The van der Waals surface area contributed by atoms with Crippen LogP contribution in [0.5, 0.6) is 0 Å². The molecule has 0 atom stereocenters. The molecule has 1 spiro atoms. The van der Waals surface area contributed by atoms with Gasteiger partial charge in [-0.1, -0.05) is 184 Å². The maximum absolute atomic E-state index is 2.54. The Morgan fingerprint density at radius 1 is 0.309 bits per heavy atom. The van der Waals surface area contributed by atoms with Gasteiger partial charge in [0.05, 0.1) is 0 Å². The van der Waals surface area contributed by atoms with Crippen LogP contribution in [0.2, 0.25) is 0 Å². The number of hydrogen-bond donors (Lipinski definition) is 0. The van der Waals surface area contributed by atoms with Crippen molar-refractivity contribution >= 4 is 17.1 Å². The first-order chi connectivity index (χ1) is 33.4. The highest BCUT2D eigenvalue weighted by Gasteiger charge is 2.61. The molecule has 0 aromatic heterocycles. The van der Waals surface area contributed by atoms with E-state index < -0.39 is 0 Å². The Hall–Kier alpha value is -7.22. The number of benzene rings is 9. The highest BCUT2D eigenvalue weighted by molar-refractivity contribution is 5.88. The zero-order valence-electron chi connectivity index (χ0n) is 39.0. The summed E-state index contributed by atoms with van der Waals surface area (Å²) < 4.78 is 0. The van der Waals surface area contributed by atoms with E-state index in [1.807, 2.05) is 0 Å². The lowest BCUT2D eigenvalue weighted by molar-refractivity contribution is -0.0399. The zero-order valence-corrected chi connectivity index (χ0v) is 39.0. The molecule has 4 saturated carbocycles. The van der Waals surface area contributed by atoms with Gasteiger partial charge in [0.25, 0.3) is 0 Å². The van der Waals surface area contributed by atoms with Crippen LogP contribution >= 0.6 is 0 Å². The van der Waals surface area contributed by atoms with Crippen molar-refractivity contribution in [1.82, 2.24) is 0 Å². The standard InChI is InChI=1S/C67H55N/c1-66(2)62-14-8-6-12-58(62)60-34-33-57(42-65(60)66)68(55-29-24-49(25-30-55)45-10-4-3-5-11-45)56-31-26-50(27-32-56)48-18-16-46(17-19-48)47-20-22-51(23-21-47)52-28-35-64-61(41-52)59-13-7-9-15-63(59)67(64)53-37-43-36-44(39-53)40-54(67)38-43/h3-35,41-44,53-54H,36-40H2,1-2H3. The van der Waals surface area contributed by atoms with Crippen LogP contribution in [0.1, 0.15) is 68.2 Å². The van der Waals surface area contributed by atoms with Crippen molar-refractivity contribution in [3.8, 4) is 66.8 Å². The molecule has 0 saturated heterocycles. The molecule has 328 valence electrons. The minimum atomic E-state index is -0.0872. The molecular formula is C67H55N. The van der Waals surface area contributed by atoms with Crippen LogP contribution in [-0.4, -0.2) is 0 Å². The van der Waals surface area contributed by atoms with Crippen molar-refractivity contribution in [3.05, 3.63) is 235 Å². The molecule has 4 bridgehead atoms. The molecule has 0 aliphatic heterocycles. The fraction of sp³-hybridized carbons (Fsp3) is 0.194. The summed E-state index contributed by atoms with van der Waals surface area (Å²) in [6.45, 7) is 4.72. The normalized spacial score (nSPS) is 21.9. The summed E-state index contributed by atoms with van der Waals surface area (Å²) in [4.78, 5) is 2.41. The number of rotatable bonds is 7. The fourth-order valence-corrected chi connectivity index (χ4v) is 14.6. The lowest BCUT2D eigenvalue weighted by Crippen LogP contribution is -2.55. The van der Waals surface area contributed by atoms with Gasteiger partial charge in [0.2, 0.25) is 0 Å². The SMILES string of the molecule is CC1(C)c2ccccc2-c2ccc(N(c3ccc(-c4ccccc4)cc3)c3ccc(-c4ccc(-c5ccc(-c6ccc7c(c6)-c6ccccc6C76C7CC8CC(C7)CC6C8)cc5)cc4)cc3)cc21. The largest absolute Gasteiger partial charge is 0.310 e. The number of nitrogens with zero attached hydrogens (tertiary/aromatic N) is 1. The minimum absolute atomic E-state index is 0.0872. The maximum Gasteiger partial charge on any atom is 0.0465 e. The molecule has 0 unspecified atom stereocenters. The first kappa shape index (κ1) is 39.9. The molecule has 4 fully saturated rings. The van der Waals surface area contributed by atoms with Crippen LogP contribution in [0.3, 0.4) is 0 Å². The molecule has 68 heavy (non-hydrogen) atoms. The quantitative estimate of drug-likeness (QED) is 0.154. The van der Waals surface area contributed by atoms with Gasteiger partial charge >= 0.3 is 0 Å². The van der Waals surface area contributed by atoms with Crippen LogP contribution in [0, 0.1) is 23.7 Å². The van der Waals surface area contributed by atoms with E-state index >= 15 is 0 Å². The van der Waals surface area contributed by atoms with Crippen LogP contribution < -0.4 is 4.90 Å². The second kappa shape index (κ2) is 15.1. The molecule has 0 N–H and O–H groups in total. The van der Waals surface area contributed by atoms with Gasteiger partial charge in [-0.05, 0) is 187 Å². The summed E-state index contributed by atoms with van der Waals surface area (Å²) in [5.74, 6) is 3.51. The van der Waals surface area contributed by atoms with E-state index in [2.05, 4.69) is 231 Å². The predicted octanol–water partition coefficient (Wildman–Crippen LogP) is 17.9. The third kappa shape index (κ3) is 6.00. The Morgan fingerprint density at radius 3 is 1.26 bits per heavy atom. The minimum Gasteiger partial charge on any atom is -0.310 e. The lowest BCUT2D eigenvalue weighted by atomic mass is 9.43. The van der Waals surface area contributed by atoms with E-state index in [4.69, 9.17) is 0 Å². The lowest BCUT2D eigenvalue weighted by Gasteiger charge is -2.61. The Kier molecular flexibility index (Phi) is 8.89. The monoisotopic (exact) mass is 873 g/mol. The fourth-order valence-electron chi connectivity index (χ4n) is 14.6. The number of hydrogen-bond acceptors (Lipinski definition) is 1. The Bertz CT molecular complexity index is 3360. The molecule has 0 radical (unpaired) electrons. The van der Waals surface area contributed by atoms with Crippen molar-refractivity contribution in [3.63, 3.8) is 0 Å². The molecule has 1 heteroatoms. The van der Waals surface area contributed by atoms with E-state index in [1.54, 1.807) is 11.1 Å². The van der Waals surface area contributed by atoms with Gasteiger partial charge in [-0.15, -0.1) is 0 Å². The van der Waals surface area contributed by atoms with Crippen molar-refractivity contribution in [2.24, 2.45) is 23.7 Å². The van der Waals surface area contributed by atoms with Crippen molar-refractivity contribution in [1.29, 1.82) is 0 Å². The third-order valence-electron chi connectivity index (χ3n) is 17.5. The molecule has 6 aliphatic rings. The van der Waals surface area contributed by atoms with Crippen molar-refractivity contribution in [2.75, 3.05) is 4.90 Å². The van der Waals surface area contributed by atoms with Crippen LogP contribution in [-0.2, 0) is 10.8 Å². The Balaban J connectivity index is 0.740. The second-order valence-corrected chi connectivity index (χ2v) is 21.3. The topological polar surface area (TPSA) is 3.24 Å². The van der Waals surface area contributed by atoms with Gasteiger partial charge in [0, 0.05) is 27.9 Å². The molecule has 0 heterocycles. The molecule has 1 nitrogen and oxygen atoms in total. The summed E-state index contributed by atoms with van der Waals surface area (Å²) in [6, 6.07) is 80.0. The molecule has 0 amide bonds. The summed E-state index contributed by atoms with van der Waals surface area (Å²) in [5, 5.41) is 0. The van der Waals surface area contributed by atoms with Gasteiger partial charge in [-0.2, -0.15) is 0 Å². The second-order valence-electron chi connectivity index (χ2n) is 21.3. The average Bonchev–Trinajstić information content (AvgIpc) is 3.81. The highest BCUT2D eigenvalue weighted by atomic mass is 15.1. The molecule has 9 aromatic carbocycles. The van der Waals surface area contributed by atoms with Gasteiger partial charge in [-0.3, -0.25) is 0 Å². The van der Waals surface area contributed by atoms with E-state index in [1.165, 1.54) is 110 Å². The number of fused-ring (bicyclic) bond motifs is 6. The Labute approximate surface area is 401 Å². The first-order valence-electron chi connectivity index (χ1n) is 25.2. The van der Waals surface area contributed by atoms with Gasteiger partial charge in [0.1, 0.15) is 0 Å². The van der Waals surface area contributed by atoms with Gasteiger partial charge in [0.15, 0.2) is 0 Å².